The molecule has 1 N–H and O–H groups in total. The van der Waals surface area contributed by atoms with Gasteiger partial charge in [0.05, 0.1) is 13.2 Å². The van der Waals surface area contributed by atoms with Crippen molar-refractivity contribution in [1.29, 1.82) is 0 Å². The fourth-order valence-electron chi connectivity index (χ4n) is 2.65. The standard InChI is InChI=1S/C17H16O2/c1-19-16-9-5-4-8-14(16)15-11-10-12-6-2-3-7-13(12)17(15)18/h2-11,15,17-18H,1H3/t15-,17-/m1/s1. The SMILES string of the molecule is COc1ccccc1[C@H]1C=Cc2ccccc2[C@H]1O. The van der Waals surface area contributed by atoms with E-state index in [1.807, 2.05) is 54.6 Å². The van der Waals surface area contributed by atoms with Crippen molar-refractivity contribution in [1.82, 2.24) is 0 Å². The molecule has 2 aromatic carbocycles. The van der Waals surface area contributed by atoms with Crippen molar-refractivity contribution < 1.29 is 9.84 Å². The van der Waals surface area contributed by atoms with Gasteiger partial charge in [-0.05, 0) is 17.2 Å². The van der Waals surface area contributed by atoms with Crippen LogP contribution in [0, 0.1) is 0 Å². The van der Waals surface area contributed by atoms with Gasteiger partial charge in [-0.1, -0.05) is 54.6 Å². The van der Waals surface area contributed by atoms with Gasteiger partial charge in [0.15, 0.2) is 0 Å². The summed E-state index contributed by atoms with van der Waals surface area (Å²) in [5.74, 6) is 0.752. The molecular weight excluding hydrogens is 236 g/mol. The van der Waals surface area contributed by atoms with Gasteiger partial charge < -0.3 is 9.84 Å². The van der Waals surface area contributed by atoms with Crippen molar-refractivity contribution in [3.63, 3.8) is 0 Å². The molecule has 0 fully saturated rings. The third-order valence-corrected chi connectivity index (χ3v) is 3.64. The maximum Gasteiger partial charge on any atom is 0.122 e. The molecule has 2 atom stereocenters. The van der Waals surface area contributed by atoms with Crippen LogP contribution in [0.1, 0.15) is 28.7 Å². The van der Waals surface area contributed by atoms with Crippen LogP contribution in [0.4, 0.5) is 0 Å². The molecule has 19 heavy (non-hydrogen) atoms. The summed E-state index contributed by atoms with van der Waals surface area (Å²) in [6.07, 6.45) is 3.58. The van der Waals surface area contributed by atoms with Crippen molar-refractivity contribution in [2.45, 2.75) is 12.0 Å². The summed E-state index contributed by atoms with van der Waals surface area (Å²) in [4.78, 5) is 0. The van der Waals surface area contributed by atoms with E-state index < -0.39 is 6.10 Å². The molecule has 0 radical (unpaired) electrons. The summed E-state index contributed by atoms with van der Waals surface area (Å²) in [6.45, 7) is 0. The van der Waals surface area contributed by atoms with Crippen molar-refractivity contribution in [2.24, 2.45) is 0 Å². The molecule has 2 nitrogen and oxygen atoms in total. The number of hydrogen-bond donors (Lipinski definition) is 1. The number of ether oxygens (including phenoxy) is 1. The molecule has 2 heteroatoms. The Morgan fingerprint density at radius 3 is 2.42 bits per heavy atom. The van der Waals surface area contributed by atoms with E-state index in [-0.39, 0.29) is 5.92 Å². The zero-order valence-electron chi connectivity index (χ0n) is 10.8. The molecule has 2 aromatic rings. The first-order valence-corrected chi connectivity index (χ1v) is 6.39. The summed E-state index contributed by atoms with van der Waals surface area (Å²) >= 11 is 0. The minimum absolute atomic E-state index is 0.0638. The lowest BCUT2D eigenvalue weighted by atomic mass is 9.82. The Kier molecular flexibility index (Phi) is 3.10. The van der Waals surface area contributed by atoms with E-state index in [1.165, 1.54) is 0 Å². The lowest BCUT2D eigenvalue weighted by molar-refractivity contribution is 0.159. The Balaban J connectivity index is 2.05. The van der Waals surface area contributed by atoms with Gasteiger partial charge in [0.25, 0.3) is 0 Å². The number of fused-ring (bicyclic) bond motifs is 1. The predicted molar refractivity (Wildman–Crippen MR) is 76.2 cm³/mol. The van der Waals surface area contributed by atoms with E-state index in [1.54, 1.807) is 7.11 Å². The number of benzene rings is 2. The highest BCUT2D eigenvalue weighted by atomic mass is 16.5. The largest absolute Gasteiger partial charge is 0.496 e. The van der Waals surface area contributed by atoms with E-state index in [4.69, 9.17) is 4.74 Å². The smallest absolute Gasteiger partial charge is 0.122 e. The molecule has 0 heterocycles. The van der Waals surface area contributed by atoms with Gasteiger partial charge in [-0.2, -0.15) is 0 Å². The summed E-state index contributed by atoms with van der Waals surface area (Å²) in [5.41, 5.74) is 3.07. The molecule has 0 saturated heterocycles. The summed E-state index contributed by atoms with van der Waals surface area (Å²) in [6, 6.07) is 15.8. The quantitative estimate of drug-likeness (QED) is 0.885. The maximum atomic E-state index is 10.6. The molecule has 96 valence electrons. The first-order chi connectivity index (χ1) is 9.31. The second kappa shape index (κ2) is 4.90. The number of hydrogen-bond acceptors (Lipinski definition) is 2. The Bertz CT molecular complexity index is 616. The molecule has 0 unspecified atom stereocenters. The summed E-state index contributed by atoms with van der Waals surface area (Å²) < 4.78 is 5.39. The maximum absolute atomic E-state index is 10.6. The van der Waals surface area contributed by atoms with Crippen LogP contribution in [0.15, 0.2) is 54.6 Å². The Morgan fingerprint density at radius 1 is 0.947 bits per heavy atom. The van der Waals surface area contributed by atoms with Crippen molar-refractivity contribution in [3.05, 3.63) is 71.3 Å². The van der Waals surface area contributed by atoms with Gasteiger partial charge in [-0.25, -0.2) is 0 Å². The normalized spacial score (nSPS) is 20.9. The van der Waals surface area contributed by atoms with Crippen LogP contribution in [0.25, 0.3) is 6.08 Å². The van der Waals surface area contributed by atoms with Crippen LogP contribution < -0.4 is 4.74 Å². The fraction of sp³-hybridized carbons (Fsp3) is 0.176. The van der Waals surface area contributed by atoms with Gasteiger partial charge in [-0.3, -0.25) is 0 Å². The number of aliphatic hydroxyl groups excluding tert-OH is 1. The van der Waals surface area contributed by atoms with Crippen LogP contribution in [0.2, 0.25) is 0 Å². The first-order valence-electron chi connectivity index (χ1n) is 6.39. The highest BCUT2D eigenvalue weighted by Crippen LogP contribution is 2.41. The molecular formula is C17H16O2. The van der Waals surface area contributed by atoms with E-state index in [9.17, 15) is 5.11 Å². The van der Waals surface area contributed by atoms with Crippen LogP contribution in [-0.4, -0.2) is 12.2 Å². The molecule has 1 aliphatic carbocycles. The predicted octanol–water partition coefficient (Wildman–Crippen LogP) is 3.54. The van der Waals surface area contributed by atoms with Gasteiger partial charge >= 0.3 is 0 Å². The zero-order valence-corrected chi connectivity index (χ0v) is 10.8. The van der Waals surface area contributed by atoms with E-state index in [2.05, 4.69) is 6.08 Å². The lowest BCUT2D eigenvalue weighted by Crippen LogP contribution is -2.14. The molecule has 1 aliphatic rings. The number of aliphatic hydroxyl groups is 1. The highest BCUT2D eigenvalue weighted by molar-refractivity contribution is 5.60. The molecule has 0 bridgehead atoms. The second-order valence-electron chi connectivity index (χ2n) is 4.70. The fourth-order valence-corrected chi connectivity index (χ4v) is 2.65. The van der Waals surface area contributed by atoms with Gasteiger partial charge in [-0.15, -0.1) is 0 Å². The Morgan fingerprint density at radius 2 is 1.63 bits per heavy atom. The summed E-state index contributed by atoms with van der Waals surface area (Å²) in [5, 5.41) is 10.6. The van der Waals surface area contributed by atoms with Crippen LogP contribution in [0.5, 0.6) is 5.75 Å². The number of methoxy groups -OCH3 is 1. The average Bonchev–Trinajstić information content (AvgIpc) is 2.48. The monoisotopic (exact) mass is 252 g/mol. The number of para-hydroxylation sites is 1. The molecule has 0 saturated carbocycles. The topological polar surface area (TPSA) is 29.5 Å². The molecule has 0 aliphatic heterocycles. The minimum Gasteiger partial charge on any atom is -0.496 e. The minimum atomic E-state index is -0.530. The molecule has 3 rings (SSSR count). The summed E-state index contributed by atoms with van der Waals surface area (Å²) in [7, 11) is 1.66. The Hall–Kier alpha value is -2.06. The Labute approximate surface area is 113 Å². The molecule has 0 spiro atoms. The highest BCUT2D eigenvalue weighted by Gasteiger charge is 2.27. The lowest BCUT2D eigenvalue weighted by Gasteiger charge is -2.27. The van der Waals surface area contributed by atoms with Gasteiger partial charge in [0.1, 0.15) is 5.75 Å². The van der Waals surface area contributed by atoms with Gasteiger partial charge in [0.2, 0.25) is 0 Å². The molecule has 0 amide bonds. The van der Waals surface area contributed by atoms with E-state index in [0.29, 0.717) is 0 Å². The van der Waals surface area contributed by atoms with Crippen molar-refractivity contribution in [2.75, 3.05) is 7.11 Å². The molecule has 0 aromatic heterocycles. The van der Waals surface area contributed by atoms with Crippen LogP contribution >= 0.6 is 0 Å². The zero-order chi connectivity index (χ0) is 13.2. The first kappa shape index (κ1) is 12.0. The van der Waals surface area contributed by atoms with Crippen LogP contribution in [-0.2, 0) is 0 Å². The average molecular weight is 252 g/mol. The number of rotatable bonds is 2. The van der Waals surface area contributed by atoms with Crippen molar-refractivity contribution in [3.8, 4) is 5.75 Å². The van der Waals surface area contributed by atoms with E-state index in [0.717, 1.165) is 22.4 Å². The third-order valence-electron chi connectivity index (χ3n) is 3.64. The van der Waals surface area contributed by atoms with E-state index >= 15 is 0 Å². The van der Waals surface area contributed by atoms with Crippen LogP contribution in [0.3, 0.4) is 0 Å². The van der Waals surface area contributed by atoms with Crippen molar-refractivity contribution >= 4 is 6.08 Å². The van der Waals surface area contributed by atoms with Gasteiger partial charge in [0, 0.05) is 11.5 Å². The third kappa shape index (κ3) is 2.04. The second-order valence-corrected chi connectivity index (χ2v) is 4.70.